The minimum atomic E-state index is -3.52. The number of nitrogens with two attached hydrogens (primary N) is 1. The van der Waals surface area contributed by atoms with E-state index in [1.807, 2.05) is 0 Å². The molecule has 0 radical (unpaired) electrons. The van der Waals surface area contributed by atoms with Crippen molar-refractivity contribution in [2.45, 2.75) is 49.7 Å². The molecule has 1 fully saturated rings. The predicted octanol–water partition coefficient (Wildman–Crippen LogP) is 4.08. The average Bonchev–Trinajstić information content (AvgIpc) is 3.34. The third-order valence-corrected chi connectivity index (χ3v) is 9.26. The van der Waals surface area contributed by atoms with Crippen molar-refractivity contribution in [2.75, 3.05) is 31.2 Å². The van der Waals surface area contributed by atoms with Gasteiger partial charge in [-0.1, -0.05) is 18.2 Å². The van der Waals surface area contributed by atoms with Gasteiger partial charge in [0.05, 0.1) is 28.6 Å². The molecule has 0 spiro atoms. The van der Waals surface area contributed by atoms with Gasteiger partial charge in [0, 0.05) is 11.6 Å². The molecule has 11 heteroatoms. The summed E-state index contributed by atoms with van der Waals surface area (Å²) in [6, 6.07) is 12.7. The molecule has 1 aliphatic rings. The second-order valence-corrected chi connectivity index (χ2v) is 12.3. The Bertz CT molecular complexity index is 1590. The number of nitrogens with zero attached hydrogens (tertiary/aromatic N) is 4. The SMILES string of the molecule is COc1cc(C2CCNCC2)c(C)cc1Nc1nc(N)n2nc(-c3ccccc3S(=O)(=O)C(C)C)cc2n1. The van der Waals surface area contributed by atoms with E-state index in [0.717, 1.165) is 31.6 Å². The zero-order valence-electron chi connectivity index (χ0n) is 22.0. The number of hydrogen-bond acceptors (Lipinski definition) is 9. The maximum Gasteiger partial charge on any atom is 0.232 e. The highest BCUT2D eigenvalue weighted by molar-refractivity contribution is 7.92. The number of methoxy groups -OCH3 is 1. The lowest BCUT2D eigenvalue weighted by Crippen LogP contribution is -2.27. The van der Waals surface area contributed by atoms with E-state index in [9.17, 15) is 8.42 Å². The lowest BCUT2D eigenvalue weighted by Gasteiger charge is -2.25. The van der Waals surface area contributed by atoms with Crippen molar-refractivity contribution in [1.82, 2.24) is 24.9 Å². The standard InChI is InChI=1S/C27H33N7O3S/c1-16(2)38(35,36)24-8-6-5-7-19(24)21-15-25-31-27(32-26(28)34(25)33-21)30-22-13-17(3)20(14-23(22)37-4)18-9-11-29-12-10-18/h5-8,13-16,18,29H,9-12H2,1-4H3,(H3,28,30,31,32). The first-order chi connectivity index (χ1) is 18.2. The third kappa shape index (κ3) is 4.79. The quantitative estimate of drug-likeness (QED) is 0.320. The van der Waals surface area contributed by atoms with E-state index >= 15 is 0 Å². The Morgan fingerprint density at radius 3 is 2.58 bits per heavy atom. The Kier molecular flexibility index (Phi) is 6.97. The molecule has 4 aromatic rings. The lowest BCUT2D eigenvalue weighted by atomic mass is 9.87. The predicted molar refractivity (Wildman–Crippen MR) is 149 cm³/mol. The van der Waals surface area contributed by atoms with Crippen LogP contribution in [0.15, 0.2) is 47.4 Å². The van der Waals surface area contributed by atoms with Gasteiger partial charge >= 0.3 is 0 Å². The van der Waals surface area contributed by atoms with Gasteiger partial charge in [0.25, 0.3) is 0 Å². The van der Waals surface area contributed by atoms with Crippen LogP contribution in [0.2, 0.25) is 0 Å². The Balaban J connectivity index is 1.51. The summed E-state index contributed by atoms with van der Waals surface area (Å²) < 4.78 is 33.0. The van der Waals surface area contributed by atoms with E-state index in [1.54, 1.807) is 51.3 Å². The third-order valence-electron chi connectivity index (χ3n) is 7.05. The zero-order valence-corrected chi connectivity index (χ0v) is 22.8. The van der Waals surface area contributed by atoms with Crippen LogP contribution in [0, 0.1) is 6.92 Å². The van der Waals surface area contributed by atoms with E-state index in [4.69, 9.17) is 10.5 Å². The number of benzene rings is 2. The first kappa shape index (κ1) is 25.9. The monoisotopic (exact) mass is 535 g/mol. The number of rotatable bonds is 7. The molecule has 1 saturated heterocycles. The van der Waals surface area contributed by atoms with Gasteiger partial charge in [0.1, 0.15) is 5.75 Å². The van der Waals surface area contributed by atoms with Crippen LogP contribution in [0.25, 0.3) is 16.9 Å². The topological polar surface area (TPSA) is 137 Å². The Hall–Kier alpha value is -3.70. The molecule has 5 rings (SSSR count). The first-order valence-electron chi connectivity index (χ1n) is 12.7. The van der Waals surface area contributed by atoms with Crippen LogP contribution in [0.5, 0.6) is 5.75 Å². The summed E-state index contributed by atoms with van der Waals surface area (Å²) in [5.41, 5.74) is 10.8. The summed E-state index contributed by atoms with van der Waals surface area (Å²) in [4.78, 5) is 9.22. The molecular weight excluding hydrogens is 502 g/mol. The molecule has 200 valence electrons. The number of ether oxygens (including phenoxy) is 1. The number of aryl methyl sites for hydroxylation is 1. The molecule has 0 atom stereocenters. The number of anilines is 3. The molecular formula is C27H33N7O3S. The first-order valence-corrected chi connectivity index (χ1v) is 14.3. The maximum atomic E-state index is 13.0. The number of hydrogen-bond donors (Lipinski definition) is 3. The van der Waals surface area contributed by atoms with Crippen molar-refractivity contribution in [3.05, 3.63) is 53.6 Å². The molecule has 0 saturated carbocycles. The molecule has 10 nitrogen and oxygen atoms in total. The largest absolute Gasteiger partial charge is 0.495 e. The fourth-order valence-electron chi connectivity index (χ4n) is 4.94. The van der Waals surface area contributed by atoms with Gasteiger partial charge in [0.15, 0.2) is 15.5 Å². The van der Waals surface area contributed by atoms with Crippen molar-refractivity contribution < 1.29 is 13.2 Å². The second kappa shape index (κ2) is 10.2. The van der Waals surface area contributed by atoms with Gasteiger partial charge in [-0.25, -0.2) is 8.42 Å². The molecule has 38 heavy (non-hydrogen) atoms. The summed E-state index contributed by atoms with van der Waals surface area (Å²) in [5, 5.41) is 10.6. The van der Waals surface area contributed by atoms with Gasteiger partial charge in [-0.3, -0.25) is 0 Å². The Morgan fingerprint density at radius 1 is 1.13 bits per heavy atom. The van der Waals surface area contributed by atoms with Crippen molar-refractivity contribution in [3.63, 3.8) is 0 Å². The van der Waals surface area contributed by atoms with E-state index in [-0.39, 0.29) is 16.8 Å². The summed E-state index contributed by atoms with van der Waals surface area (Å²) in [5.74, 6) is 1.61. The smallest absolute Gasteiger partial charge is 0.232 e. The van der Waals surface area contributed by atoms with Crippen LogP contribution in [-0.2, 0) is 9.84 Å². The second-order valence-electron chi connectivity index (χ2n) is 9.85. The normalized spacial score (nSPS) is 14.8. The van der Waals surface area contributed by atoms with Crippen molar-refractivity contribution >= 4 is 33.1 Å². The van der Waals surface area contributed by atoms with Gasteiger partial charge < -0.3 is 21.1 Å². The van der Waals surface area contributed by atoms with Gasteiger partial charge in [-0.2, -0.15) is 19.6 Å². The highest BCUT2D eigenvalue weighted by Crippen LogP contribution is 2.36. The number of nitrogens with one attached hydrogen (secondary N) is 2. The molecule has 0 bridgehead atoms. The molecule has 0 aliphatic carbocycles. The van der Waals surface area contributed by atoms with Crippen LogP contribution in [-0.4, -0.2) is 53.4 Å². The highest BCUT2D eigenvalue weighted by Gasteiger charge is 2.25. The molecule has 4 N–H and O–H groups in total. The van der Waals surface area contributed by atoms with Crippen LogP contribution < -0.4 is 21.1 Å². The van der Waals surface area contributed by atoms with E-state index in [2.05, 4.69) is 44.8 Å². The zero-order chi connectivity index (χ0) is 27.0. The molecule has 1 aliphatic heterocycles. The maximum absolute atomic E-state index is 13.0. The number of aromatic nitrogens is 4. The Morgan fingerprint density at radius 2 is 1.87 bits per heavy atom. The number of sulfone groups is 1. The number of fused-ring (bicyclic) bond motifs is 1. The average molecular weight is 536 g/mol. The van der Waals surface area contributed by atoms with Gasteiger partial charge in [0.2, 0.25) is 11.9 Å². The van der Waals surface area contributed by atoms with Crippen molar-refractivity contribution in [1.29, 1.82) is 0 Å². The number of nitrogen functional groups attached to an aromatic ring is 1. The fraction of sp³-hybridized carbons (Fsp3) is 0.370. The molecule has 2 aromatic heterocycles. The van der Waals surface area contributed by atoms with Crippen LogP contribution in [0.3, 0.4) is 0 Å². The molecule has 3 heterocycles. The lowest BCUT2D eigenvalue weighted by molar-refractivity contribution is 0.413. The molecule has 2 aromatic carbocycles. The minimum absolute atomic E-state index is 0.120. The van der Waals surface area contributed by atoms with E-state index in [1.165, 1.54) is 15.6 Å². The summed E-state index contributed by atoms with van der Waals surface area (Å²) >= 11 is 0. The fourth-order valence-corrected chi connectivity index (χ4v) is 6.20. The van der Waals surface area contributed by atoms with E-state index < -0.39 is 15.1 Å². The van der Waals surface area contributed by atoms with Gasteiger partial charge in [-0.15, -0.1) is 0 Å². The Labute approximate surface area is 222 Å². The van der Waals surface area contributed by atoms with E-state index in [0.29, 0.717) is 28.6 Å². The summed E-state index contributed by atoms with van der Waals surface area (Å²) in [6.07, 6.45) is 2.19. The highest BCUT2D eigenvalue weighted by atomic mass is 32.2. The van der Waals surface area contributed by atoms with Crippen molar-refractivity contribution in [2.24, 2.45) is 0 Å². The van der Waals surface area contributed by atoms with Crippen molar-refractivity contribution in [3.8, 4) is 17.0 Å². The van der Waals surface area contributed by atoms with Crippen LogP contribution in [0.1, 0.15) is 43.7 Å². The van der Waals surface area contributed by atoms with Crippen LogP contribution >= 0.6 is 0 Å². The summed E-state index contributed by atoms with van der Waals surface area (Å²) in [6.45, 7) is 7.45. The summed E-state index contributed by atoms with van der Waals surface area (Å²) in [7, 11) is -1.88. The van der Waals surface area contributed by atoms with Gasteiger partial charge in [-0.05, 0) is 81.9 Å². The number of piperidine rings is 1. The molecule has 0 unspecified atom stereocenters. The molecule has 0 amide bonds. The minimum Gasteiger partial charge on any atom is -0.495 e. The van der Waals surface area contributed by atoms with Crippen LogP contribution in [0.4, 0.5) is 17.6 Å².